The third kappa shape index (κ3) is 9.76. The highest BCUT2D eigenvalue weighted by Crippen LogP contribution is 2.14. The molecule has 27 heavy (non-hydrogen) atoms. The van der Waals surface area contributed by atoms with Crippen LogP contribution < -0.4 is 16.0 Å². The fraction of sp³-hybridized carbons (Fsp3) is 0.611. The van der Waals surface area contributed by atoms with Crippen molar-refractivity contribution in [3.63, 3.8) is 0 Å². The lowest BCUT2D eigenvalue weighted by atomic mass is 10.2. The number of hydrogen-bond donors (Lipinski definition) is 3. The molecular formula is C18H33IN6O2. The Morgan fingerprint density at radius 2 is 1.63 bits per heavy atom. The van der Waals surface area contributed by atoms with Crippen LogP contribution in [0.4, 0.5) is 11.4 Å². The Kier molecular flexibility index (Phi) is 12.7. The fourth-order valence-electron chi connectivity index (χ4n) is 2.73. The second-order valence-electron chi connectivity index (χ2n) is 6.58. The number of aliphatic imine (C=N–C) groups is 1. The molecule has 0 saturated carbocycles. The van der Waals surface area contributed by atoms with E-state index in [1.54, 1.807) is 19.2 Å². The molecule has 0 spiro atoms. The molecule has 0 saturated heterocycles. The van der Waals surface area contributed by atoms with Crippen molar-refractivity contribution in [1.29, 1.82) is 0 Å². The van der Waals surface area contributed by atoms with Crippen LogP contribution in [0.1, 0.15) is 27.7 Å². The summed E-state index contributed by atoms with van der Waals surface area (Å²) < 4.78 is 0. The molecular weight excluding hydrogens is 459 g/mol. The molecule has 0 amide bonds. The van der Waals surface area contributed by atoms with Crippen molar-refractivity contribution in [3.8, 4) is 0 Å². The van der Waals surface area contributed by atoms with Crippen molar-refractivity contribution in [3.05, 3.63) is 34.4 Å². The number of anilines is 1. The van der Waals surface area contributed by atoms with Crippen LogP contribution in [0.15, 0.2) is 29.3 Å². The second kappa shape index (κ2) is 13.5. The Bertz CT molecular complexity index is 570. The van der Waals surface area contributed by atoms with Crippen LogP contribution in [0.2, 0.25) is 0 Å². The van der Waals surface area contributed by atoms with Crippen LogP contribution in [-0.2, 0) is 0 Å². The summed E-state index contributed by atoms with van der Waals surface area (Å²) >= 11 is 0. The zero-order valence-corrected chi connectivity index (χ0v) is 19.2. The standard InChI is InChI=1S/C18H32N6O2.HI/c1-14(2)23(15(3)4)13-12-22-18(19-5)21-11-10-20-16-6-8-17(9-7-16)24(25)26;/h6-9,14-15,20H,10-13H2,1-5H3,(H2,19,21,22);1H. The van der Waals surface area contributed by atoms with Crippen LogP contribution in [0, 0.1) is 10.1 Å². The van der Waals surface area contributed by atoms with E-state index in [0.29, 0.717) is 25.2 Å². The summed E-state index contributed by atoms with van der Waals surface area (Å²) in [5.41, 5.74) is 0.944. The van der Waals surface area contributed by atoms with Gasteiger partial charge in [-0.2, -0.15) is 0 Å². The summed E-state index contributed by atoms with van der Waals surface area (Å²) in [5.74, 6) is 0.767. The molecule has 0 fully saturated rings. The highest BCUT2D eigenvalue weighted by molar-refractivity contribution is 14.0. The first kappa shape index (κ1) is 25.4. The third-order valence-electron chi connectivity index (χ3n) is 4.04. The summed E-state index contributed by atoms with van der Waals surface area (Å²) in [4.78, 5) is 16.9. The number of hydrogen-bond acceptors (Lipinski definition) is 5. The largest absolute Gasteiger partial charge is 0.383 e. The number of nitrogens with one attached hydrogen (secondary N) is 3. The summed E-state index contributed by atoms with van der Waals surface area (Å²) in [6.45, 7) is 12.0. The third-order valence-corrected chi connectivity index (χ3v) is 4.04. The Morgan fingerprint density at radius 3 is 2.11 bits per heavy atom. The van der Waals surface area contributed by atoms with Gasteiger partial charge in [0.15, 0.2) is 5.96 Å². The zero-order chi connectivity index (χ0) is 19.5. The Labute approximate surface area is 179 Å². The number of nitro groups is 1. The number of nitrogens with zero attached hydrogens (tertiary/aromatic N) is 3. The molecule has 8 nitrogen and oxygen atoms in total. The minimum Gasteiger partial charge on any atom is -0.383 e. The number of guanidine groups is 1. The van der Waals surface area contributed by atoms with Crippen LogP contribution >= 0.6 is 24.0 Å². The van der Waals surface area contributed by atoms with Gasteiger partial charge < -0.3 is 16.0 Å². The molecule has 1 aromatic rings. The van der Waals surface area contributed by atoms with E-state index in [0.717, 1.165) is 24.7 Å². The highest BCUT2D eigenvalue weighted by Gasteiger charge is 2.12. The first-order valence-corrected chi connectivity index (χ1v) is 9.03. The number of rotatable bonds is 10. The lowest BCUT2D eigenvalue weighted by molar-refractivity contribution is -0.384. The average Bonchev–Trinajstić information content (AvgIpc) is 2.60. The molecule has 0 aromatic heterocycles. The van der Waals surface area contributed by atoms with E-state index in [9.17, 15) is 10.1 Å². The molecule has 1 aromatic carbocycles. The van der Waals surface area contributed by atoms with E-state index in [4.69, 9.17) is 0 Å². The van der Waals surface area contributed by atoms with Crippen molar-refractivity contribution in [1.82, 2.24) is 15.5 Å². The van der Waals surface area contributed by atoms with Crippen molar-refractivity contribution in [2.24, 2.45) is 4.99 Å². The van der Waals surface area contributed by atoms with Crippen molar-refractivity contribution in [2.45, 2.75) is 39.8 Å². The molecule has 0 aliphatic heterocycles. The fourth-order valence-corrected chi connectivity index (χ4v) is 2.73. The molecule has 0 bridgehead atoms. The quantitative estimate of drug-likeness (QED) is 0.116. The van der Waals surface area contributed by atoms with Gasteiger partial charge in [-0.1, -0.05) is 0 Å². The van der Waals surface area contributed by atoms with Gasteiger partial charge in [0.2, 0.25) is 0 Å². The minimum absolute atomic E-state index is 0. The van der Waals surface area contributed by atoms with Gasteiger partial charge in [-0.05, 0) is 39.8 Å². The molecule has 0 aliphatic carbocycles. The minimum atomic E-state index is -0.402. The van der Waals surface area contributed by atoms with E-state index in [1.807, 2.05) is 0 Å². The summed E-state index contributed by atoms with van der Waals surface area (Å²) in [6.07, 6.45) is 0. The van der Waals surface area contributed by atoms with Gasteiger partial charge in [-0.25, -0.2) is 0 Å². The first-order valence-electron chi connectivity index (χ1n) is 9.03. The SMILES string of the molecule is CN=C(NCCNc1ccc([N+](=O)[O-])cc1)NCCN(C(C)C)C(C)C.I. The maximum atomic E-state index is 10.6. The molecule has 0 heterocycles. The van der Waals surface area contributed by atoms with Crippen LogP contribution in [-0.4, -0.2) is 61.1 Å². The first-order chi connectivity index (χ1) is 12.3. The van der Waals surface area contributed by atoms with E-state index in [2.05, 4.69) is 53.5 Å². The summed E-state index contributed by atoms with van der Waals surface area (Å²) in [5, 5.41) is 20.4. The molecule has 3 N–H and O–H groups in total. The molecule has 9 heteroatoms. The van der Waals surface area contributed by atoms with Crippen molar-refractivity contribution in [2.75, 3.05) is 38.5 Å². The molecule has 154 valence electrons. The van der Waals surface area contributed by atoms with Crippen molar-refractivity contribution < 1.29 is 4.92 Å². The maximum absolute atomic E-state index is 10.6. The van der Waals surface area contributed by atoms with Crippen LogP contribution in [0.5, 0.6) is 0 Å². The Morgan fingerprint density at radius 1 is 1.07 bits per heavy atom. The van der Waals surface area contributed by atoms with E-state index in [1.165, 1.54) is 12.1 Å². The average molecular weight is 492 g/mol. The topological polar surface area (TPSA) is 94.8 Å². The number of non-ortho nitro benzene ring substituents is 1. The van der Waals surface area contributed by atoms with Gasteiger partial charge in [-0.15, -0.1) is 24.0 Å². The Balaban J connectivity index is 0.00000676. The van der Waals surface area contributed by atoms with Gasteiger partial charge in [0, 0.05) is 63.1 Å². The highest BCUT2D eigenvalue weighted by atomic mass is 127. The second-order valence-corrected chi connectivity index (χ2v) is 6.58. The van der Waals surface area contributed by atoms with Crippen LogP contribution in [0.3, 0.4) is 0 Å². The van der Waals surface area contributed by atoms with Gasteiger partial charge in [0.05, 0.1) is 4.92 Å². The smallest absolute Gasteiger partial charge is 0.269 e. The van der Waals surface area contributed by atoms with Crippen LogP contribution in [0.25, 0.3) is 0 Å². The van der Waals surface area contributed by atoms with E-state index >= 15 is 0 Å². The van der Waals surface area contributed by atoms with Gasteiger partial charge >= 0.3 is 0 Å². The lowest BCUT2D eigenvalue weighted by Gasteiger charge is -2.30. The molecule has 0 atom stereocenters. The predicted octanol–water partition coefficient (Wildman–Crippen LogP) is 2.91. The predicted molar refractivity (Wildman–Crippen MR) is 123 cm³/mol. The lowest BCUT2D eigenvalue weighted by Crippen LogP contribution is -2.46. The van der Waals surface area contributed by atoms with Gasteiger partial charge in [0.25, 0.3) is 5.69 Å². The van der Waals surface area contributed by atoms with E-state index in [-0.39, 0.29) is 29.7 Å². The normalized spacial score (nSPS) is 11.5. The molecule has 1 rings (SSSR count). The van der Waals surface area contributed by atoms with Crippen molar-refractivity contribution >= 4 is 41.3 Å². The van der Waals surface area contributed by atoms with E-state index < -0.39 is 4.92 Å². The molecule has 0 unspecified atom stereocenters. The number of benzene rings is 1. The monoisotopic (exact) mass is 492 g/mol. The Hall–Kier alpha value is -1.62. The zero-order valence-electron chi connectivity index (χ0n) is 16.9. The summed E-state index contributed by atoms with van der Waals surface area (Å²) in [7, 11) is 1.75. The van der Waals surface area contributed by atoms with Gasteiger partial charge in [0.1, 0.15) is 0 Å². The number of nitro benzene ring substituents is 1. The molecule has 0 aliphatic rings. The number of halogens is 1. The maximum Gasteiger partial charge on any atom is 0.269 e. The summed E-state index contributed by atoms with van der Waals surface area (Å²) in [6, 6.07) is 7.42. The van der Waals surface area contributed by atoms with Gasteiger partial charge in [-0.3, -0.25) is 20.0 Å². The molecule has 0 radical (unpaired) electrons.